The standard InChI is InChI=1S/C22H18N4O3S/c23-20(27)19-17(15-6-3-8-25-21(15)30-19)16-12-26(10-11-29-16)22(28)18-14-5-2-1-4-13(14)7-9-24-18/h1-9,16H,10-12H2,(H2,23,27). The Hall–Kier alpha value is -3.36. The van der Waals surface area contributed by atoms with Gasteiger partial charge in [0.2, 0.25) is 0 Å². The lowest BCUT2D eigenvalue weighted by molar-refractivity contribution is -0.0223. The Labute approximate surface area is 176 Å². The number of aromatic nitrogens is 2. The van der Waals surface area contributed by atoms with Crippen molar-refractivity contribution in [3.63, 3.8) is 0 Å². The number of hydrogen-bond donors (Lipinski definition) is 1. The predicted octanol–water partition coefficient (Wildman–Crippen LogP) is 3.16. The first-order chi connectivity index (χ1) is 14.6. The molecule has 150 valence electrons. The van der Waals surface area contributed by atoms with Gasteiger partial charge in [-0.3, -0.25) is 14.6 Å². The van der Waals surface area contributed by atoms with Gasteiger partial charge < -0.3 is 15.4 Å². The number of carbonyl (C=O) groups is 2. The summed E-state index contributed by atoms with van der Waals surface area (Å²) in [6.07, 6.45) is 2.87. The molecule has 0 spiro atoms. The predicted molar refractivity (Wildman–Crippen MR) is 114 cm³/mol. The minimum atomic E-state index is -0.518. The normalized spacial score (nSPS) is 16.8. The SMILES string of the molecule is NC(=O)c1sc2ncccc2c1C1CN(C(=O)c2nccc3ccccc23)CCO1. The summed E-state index contributed by atoms with van der Waals surface area (Å²) in [5, 5.41) is 2.61. The number of ether oxygens (including phenoxy) is 1. The van der Waals surface area contributed by atoms with E-state index in [1.165, 1.54) is 11.3 Å². The average molecular weight is 418 g/mol. The van der Waals surface area contributed by atoms with Crippen LogP contribution in [-0.4, -0.2) is 46.4 Å². The molecule has 1 atom stereocenters. The Balaban J connectivity index is 1.51. The van der Waals surface area contributed by atoms with Crippen molar-refractivity contribution >= 4 is 44.1 Å². The lowest BCUT2D eigenvalue weighted by Crippen LogP contribution is -2.43. The first kappa shape index (κ1) is 18.7. The number of nitrogens with two attached hydrogens (primary N) is 1. The third-order valence-corrected chi connectivity index (χ3v) is 6.42. The van der Waals surface area contributed by atoms with Crippen LogP contribution < -0.4 is 5.73 Å². The van der Waals surface area contributed by atoms with Crippen molar-refractivity contribution in [3.8, 4) is 0 Å². The van der Waals surface area contributed by atoms with Crippen molar-refractivity contribution in [2.24, 2.45) is 5.73 Å². The largest absolute Gasteiger partial charge is 0.370 e. The number of pyridine rings is 2. The van der Waals surface area contributed by atoms with Crippen LogP contribution in [0.15, 0.2) is 54.9 Å². The van der Waals surface area contributed by atoms with E-state index in [0.29, 0.717) is 35.8 Å². The summed E-state index contributed by atoms with van der Waals surface area (Å²) in [7, 11) is 0. The van der Waals surface area contributed by atoms with Gasteiger partial charge in [-0.15, -0.1) is 11.3 Å². The fourth-order valence-electron chi connectivity index (χ4n) is 3.90. The Morgan fingerprint density at radius 3 is 2.77 bits per heavy atom. The Bertz CT molecular complexity index is 1280. The van der Waals surface area contributed by atoms with Gasteiger partial charge in [0, 0.05) is 35.3 Å². The number of amides is 2. The van der Waals surface area contributed by atoms with Gasteiger partial charge in [0.25, 0.3) is 11.8 Å². The van der Waals surface area contributed by atoms with Crippen LogP contribution in [0.1, 0.15) is 31.8 Å². The number of benzene rings is 1. The maximum absolute atomic E-state index is 13.3. The van der Waals surface area contributed by atoms with Crippen LogP contribution in [0.25, 0.3) is 21.0 Å². The highest BCUT2D eigenvalue weighted by atomic mass is 32.1. The summed E-state index contributed by atoms with van der Waals surface area (Å²) in [5.41, 5.74) is 6.76. The van der Waals surface area contributed by atoms with Gasteiger partial charge in [-0.05, 0) is 17.5 Å². The minimum Gasteiger partial charge on any atom is -0.370 e. The molecule has 1 aromatic carbocycles. The van der Waals surface area contributed by atoms with E-state index >= 15 is 0 Å². The van der Waals surface area contributed by atoms with E-state index in [1.54, 1.807) is 17.3 Å². The number of hydrogen-bond acceptors (Lipinski definition) is 6. The zero-order valence-electron chi connectivity index (χ0n) is 15.9. The number of fused-ring (bicyclic) bond motifs is 2. The number of rotatable bonds is 3. The van der Waals surface area contributed by atoms with E-state index in [4.69, 9.17) is 10.5 Å². The maximum Gasteiger partial charge on any atom is 0.273 e. The zero-order chi connectivity index (χ0) is 20.7. The van der Waals surface area contributed by atoms with Crippen molar-refractivity contribution < 1.29 is 14.3 Å². The smallest absolute Gasteiger partial charge is 0.273 e. The molecule has 1 unspecified atom stereocenters. The summed E-state index contributed by atoms with van der Waals surface area (Å²) in [5.74, 6) is -0.672. The number of primary amides is 1. The van der Waals surface area contributed by atoms with E-state index in [2.05, 4.69) is 9.97 Å². The third kappa shape index (κ3) is 3.10. The molecular formula is C22H18N4O3S. The molecule has 7 nitrogen and oxygen atoms in total. The number of carbonyl (C=O) groups excluding carboxylic acids is 2. The Morgan fingerprint density at radius 2 is 1.90 bits per heavy atom. The first-order valence-electron chi connectivity index (χ1n) is 9.55. The number of morpholine rings is 1. The summed E-state index contributed by atoms with van der Waals surface area (Å²) >= 11 is 1.25. The second kappa shape index (κ2) is 7.47. The fourth-order valence-corrected chi connectivity index (χ4v) is 4.95. The molecule has 8 heteroatoms. The van der Waals surface area contributed by atoms with E-state index < -0.39 is 12.0 Å². The van der Waals surface area contributed by atoms with Crippen molar-refractivity contribution in [3.05, 3.63) is 71.0 Å². The second-order valence-corrected chi connectivity index (χ2v) is 8.06. The summed E-state index contributed by atoms with van der Waals surface area (Å²) < 4.78 is 5.98. The van der Waals surface area contributed by atoms with Crippen LogP contribution in [0.4, 0.5) is 0 Å². The van der Waals surface area contributed by atoms with Gasteiger partial charge in [-0.25, -0.2) is 4.98 Å². The molecule has 0 radical (unpaired) electrons. The molecule has 4 heterocycles. The van der Waals surface area contributed by atoms with E-state index in [1.807, 2.05) is 42.5 Å². The fraction of sp³-hybridized carbons (Fsp3) is 0.182. The van der Waals surface area contributed by atoms with Gasteiger partial charge in [0.15, 0.2) is 0 Å². The molecule has 4 aromatic rings. The van der Waals surface area contributed by atoms with Crippen molar-refractivity contribution in [2.45, 2.75) is 6.10 Å². The van der Waals surface area contributed by atoms with Crippen LogP contribution in [-0.2, 0) is 4.74 Å². The van der Waals surface area contributed by atoms with Crippen LogP contribution in [0, 0.1) is 0 Å². The number of nitrogens with zero attached hydrogens (tertiary/aromatic N) is 3. The molecule has 1 aliphatic heterocycles. The van der Waals surface area contributed by atoms with Crippen molar-refractivity contribution in [1.82, 2.24) is 14.9 Å². The van der Waals surface area contributed by atoms with Crippen LogP contribution >= 0.6 is 11.3 Å². The lowest BCUT2D eigenvalue weighted by atomic mass is 10.0. The zero-order valence-corrected chi connectivity index (χ0v) is 16.8. The molecule has 0 aliphatic carbocycles. The second-order valence-electron chi connectivity index (χ2n) is 7.06. The minimum absolute atomic E-state index is 0.154. The molecule has 0 saturated carbocycles. The highest BCUT2D eigenvalue weighted by molar-refractivity contribution is 7.20. The van der Waals surface area contributed by atoms with E-state index in [9.17, 15) is 9.59 Å². The molecule has 2 N–H and O–H groups in total. The molecule has 1 aliphatic rings. The molecule has 30 heavy (non-hydrogen) atoms. The molecule has 1 saturated heterocycles. The van der Waals surface area contributed by atoms with Gasteiger partial charge in [0.05, 0.1) is 13.2 Å². The quantitative estimate of drug-likeness (QED) is 0.551. The Morgan fingerprint density at radius 1 is 1.07 bits per heavy atom. The van der Waals surface area contributed by atoms with E-state index in [-0.39, 0.29) is 5.91 Å². The average Bonchev–Trinajstić information content (AvgIpc) is 3.18. The number of thiophene rings is 1. The summed E-state index contributed by atoms with van der Waals surface area (Å²) in [6.45, 7) is 1.12. The summed E-state index contributed by atoms with van der Waals surface area (Å²) in [4.78, 5) is 37.0. The van der Waals surface area contributed by atoms with Gasteiger partial charge >= 0.3 is 0 Å². The highest BCUT2D eigenvalue weighted by Gasteiger charge is 2.32. The Kier molecular flexibility index (Phi) is 4.65. The topological polar surface area (TPSA) is 98.4 Å². The highest BCUT2D eigenvalue weighted by Crippen LogP contribution is 2.37. The summed E-state index contributed by atoms with van der Waals surface area (Å²) in [6, 6.07) is 13.3. The van der Waals surface area contributed by atoms with Crippen LogP contribution in [0.2, 0.25) is 0 Å². The molecule has 5 rings (SSSR count). The maximum atomic E-state index is 13.3. The lowest BCUT2D eigenvalue weighted by Gasteiger charge is -2.33. The van der Waals surface area contributed by atoms with Crippen LogP contribution in [0.3, 0.4) is 0 Å². The third-order valence-electron chi connectivity index (χ3n) is 5.28. The molecule has 1 fully saturated rings. The first-order valence-corrected chi connectivity index (χ1v) is 10.4. The molecule has 2 amide bonds. The monoisotopic (exact) mass is 418 g/mol. The molecule has 3 aromatic heterocycles. The molecule has 0 bridgehead atoms. The van der Waals surface area contributed by atoms with Crippen molar-refractivity contribution in [2.75, 3.05) is 19.7 Å². The van der Waals surface area contributed by atoms with Gasteiger partial charge in [-0.1, -0.05) is 30.3 Å². The van der Waals surface area contributed by atoms with Crippen molar-refractivity contribution in [1.29, 1.82) is 0 Å². The molecular weight excluding hydrogens is 400 g/mol. The van der Waals surface area contributed by atoms with E-state index in [0.717, 1.165) is 21.0 Å². The van der Waals surface area contributed by atoms with Gasteiger partial charge in [0.1, 0.15) is 21.5 Å². The van der Waals surface area contributed by atoms with Crippen LogP contribution in [0.5, 0.6) is 0 Å². The van der Waals surface area contributed by atoms with Gasteiger partial charge in [-0.2, -0.15) is 0 Å².